The van der Waals surface area contributed by atoms with Gasteiger partial charge in [0.15, 0.2) is 0 Å². The predicted octanol–water partition coefficient (Wildman–Crippen LogP) is 3.91. The van der Waals surface area contributed by atoms with Crippen molar-refractivity contribution < 1.29 is 9.53 Å². The zero-order valence-electron chi connectivity index (χ0n) is 11.9. The third-order valence-corrected chi connectivity index (χ3v) is 2.86. The molecular formula is C15H25NO2. The molecule has 1 amide bonds. The first-order valence-electron chi connectivity index (χ1n) is 6.69. The van der Waals surface area contributed by atoms with Crippen LogP contribution in [0.4, 0.5) is 4.79 Å². The van der Waals surface area contributed by atoms with Gasteiger partial charge in [0.25, 0.3) is 0 Å². The van der Waals surface area contributed by atoms with Crippen LogP contribution < -0.4 is 0 Å². The van der Waals surface area contributed by atoms with E-state index in [-0.39, 0.29) is 6.09 Å². The van der Waals surface area contributed by atoms with E-state index in [0.717, 1.165) is 32.2 Å². The number of allylic oxidation sites excluding steroid dienone is 1. The molecule has 1 heterocycles. The highest BCUT2D eigenvalue weighted by atomic mass is 16.6. The summed E-state index contributed by atoms with van der Waals surface area (Å²) in [7, 11) is 0. The molecule has 3 heteroatoms. The van der Waals surface area contributed by atoms with Crippen LogP contribution in [0.15, 0.2) is 24.3 Å². The van der Waals surface area contributed by atoms with Crippen molar-refractivity contribution in [3.63, 3.8) is 0 Å². The normalized spacial score (nSPS) is 16.2. The van der Waals surface area contributed by atoms with Crippen LogP contribution in [-0.2, 0) is 4.74 Å². The molecule has 0 radical (unpaired) electrons. The van der Waals surface area contributed by atoms with Gasteiger partial charge in [-0.3, -0.25) is 0 Å². The third-order valence-electron chi connectivity index (χ3n) is 2.86. The fraction of sp³-hybridized carbons (Fsp3) is 0.667. The Morgan fingerprint density at radius 3 is 2.78 bits per heavy atom. The molecule has 18 heavy (non-hydrogen) atoms. The summed E-state index contributed by atoms with van der Waals surface area (Å²) in [5.74, 6) is 0. The average Bonchev–Trinajstić information content (AvgIpc) is 2.28. The lowest BCUT2D eigenvalue weighted by molar-refractivity contribution is 0.0265. The summed E-state index contributed by atoms with van der Waals surface area (Å²) >= 11 is 0. The third kappa shape index (κ3) is 5.39. The standard InChI is InChI=1S/C15H25NO2/c1-5-6-7-8-13-9-11-16(12-10-13)14(17)18-15(2,3)4/h5,9H,1,6-8,10-12H2,2-4H3. The highest BCUT2D eigenvalue weighted by molar-refractivity contribution is 5.68. The smallest absolute Gasteiger partial charge is 0.410 e. The van der Waals surface area contributed by atoms with Crippen LogP contribution in [0.25, 0.3) is 0 Å². The van der Waals surface area contributed by atoms with Crippen molar-refractivity contribution in [2.45, 2.75) is 52.1 Å². The van der Waals surface area contributed by atoms with Crippen LogP contribution in [0, 0.1) is 0 Å². The van der Waals surface area contributed by atoms with Gasteiger partial charge >= 0.3 is 6.09 Å². The molecule has 1 rings (SSSR count). The van der Waals surface area contributed by atoms with Crippen molar-refractivity contribution in [1.82, 2.24) is 4.90 Å². The second-order valence-corrected chi connectivity index (χ2v) is 5.72. The van der Waals surface area contributed by atoms with Crippen LogP contribution in [0.3, 0.4) is 0 Å². The zero-order chi connectivity index (χ0) is 13.6. The molecule has 3 nitrogen and oxygen atoms in total. The second-order valence-electron chi connectivity index (χ2n) is 5.72. The molecule has 0 aromatic rings. The van der Waals surface area contributed by atoms with Crippen LogP contribution in [0.2, 0.25) is 0 Å². The highest BCUT2D eigenvalue weighted by Crippen LogP contribution is 2.19. The predicted molar refractivity (Wildman–Crippen MR) is 74.6 cm³/mol. The molecule has 0 fully saturated rings. The maximum absolute atomic E-state index is 11.8. The Hall–Kier alpha value is -1.25. The van der Waals surface area contributed by atoms with E-state index >= 15 is 0 Å². The van der Waals surface area contributed by atoms with Gasteiger partial charge in [-0.15, -0.1) is 6.58 Å². The first-order chi connectivity index (χ1) is 8.42. The largest absolute Gasteiger partial charge is 0.444 e. The van der Waals surface area contributed by atoms with E-state index in [1.807, 2.05) is 26.8 Å². The first kappa shape index (κ1) is 14.8. The number of carbonyl (C=O) groups excluding carboxylic acids is 1. The van der Waals surface area contributed by atoms with Crippen LogP contribution in [0.5, 0.6) is 0 Å². The molecule has 0 unspecified atom stereocenters. The molecule has 0 N–H and O–H groups in total. The minimum Gasteiger partial charge on any atom is -0.444 e. The van der Waals surface area contributed by atoms with Crippen molar-refractivity contribution in [3.05, 3.63) is 24.3 Å². The SMILES string of the molecule is C=CCCCC1=CCN(C(=O)OC(C)(C)C)CC1. The maximum Gasteiger partial charge on any atom is 0.410 e. The summed E-state index contributed by atoms with van der Waals surface area (Å²) in [6.45, 7) is 10.9. The molecule has 0 saturated carbocycles. The summed E-state index contributed by atoms with van der Waals surface area (Å²) in [5, 5.41) is 0. The molecule has 1 aliphatic heterocycles. The Labute approximate surface area is 110 Å². The second kappa shape index (κ2) is 6.62. The van der Waals surface area contributed by atoms with E-state index in [9.17, 15) is 4.79 Å². The van der Waals surface area contributed by atoms with Crippen molar-refractivity contribution in [1.29, 1.82) is 0 Å². The summed E-state index contributed by atoms with van der Waals surface area (Å²) in [4.78, 5) is 13.6. The van der Waals surface area contributed by atoms with Gasteiger partial charge in [0.1, 0.15) is 5.60 Å². The molecule has 0 atom stereocenters. The van der Waals surface area contributed by atoms with E-state index in [1.54, 1.807) is 4.90 Å². The van der Waals surface area contributed by atoms with E-state index in [4.69, 9.17) is 4.74 Å². The van der Waals surface area contributed by atoms with Crippen LogP contribution in [-0.4, -0.2) is 29.7 Å². The molecule has 0 bridgehead atoms. The number of carbonyl (C=O) groups is 1. The lowest BCUT2D eigenvalue weighted by atomic mass is 10.0. The highest BCUT2D eigenvalue weighted by Gasteiger charge is 2.23. The monoisotopic (exact) mass is 251 g/mol. The Bertz CT molecular complexity index is 326. The van der Waals surface area contributed by atoms with Crippen molar-refractivity contribution in [3.8, 4) is 0 Å². The lowest BCUT2D eigenvalue weighted by Gasteiger charge is -2.29. The molecule has 102 valence electrons. The van der Waals surface area contributed by atoms with E-state index in [2.05, 4.69) is 12.7 Å². The number of ether oxygens (including phenoxy) is 1. The summed E-state index contributed by atoms with van der Waals surface area (Å²) in [5.41, 5.74) is 1.04. The molecule has 0 aromatic carbocycles. The summed E-state index contributed by atoms with van der Waals surface area (Å²) < 4.78 is 5.36. The van der Waals surface area contributed by atoms with Crippen molar-refractivity contribution in [2.75, 3.05) is 13.1 Å². The van der Waals surface area contributed by atoms with Gasteiger partial charge < -0.3 is 9.64 Å². The Morgan fingerprint density at radius 2 is 2.28 bits per heavy atom. The molecule has 1 aliphatic rings. The summed E-state index contributed by atoms with van der Waals surface area (Å²) in [6, 6.07) is 0. The van der Waals surface area contributed by atoms with E-state index in [0.29, 0.717) is 6.54 Å². The van der Waals surface area contributed by atoms with Gasteiger partial charge in [0.05, 0.1) is 0 Å². The number of rotatable bonds is 4. The Morgan fingerprint density at radius 1 is 1.56 bits per heavy atom. The molecule has 0 aromatic heterocycles. The minimum absolute atomic E-state index is 0.205. The molecule has 0 aliphatic carbocycles. The fourth-order valence-corrected chi connectivity index (χ4v) is 1.90. The van der Waals surface area contributed by atoms with Gasteiger partial charge in [-0.25, -0.2) is 4.79 Å². The van der Waals surface area contributed by atoms with Crippen molar-refractivity contribution in [2.24, 2.45) is 0 Å². The topological polar surface area (TPSA) is 29.5 Å². The minimum atomic E-state index is -0.412. The van der Waals surface area contributed by atoms with Crippen LogP contribution in [0.1, 0.15) is 46.5 Å². The number of hydrogen-bond donors (Lipinski definition) is 0. The number of hydrogen-bond acceptors (Lipinski definition) is 2. The van der Waals surface area contributed by atoms with Gasteiger partial charge in [-0.05, 0) is 46.5 Å². The number of amides is 1. The first-order valence-corrected chi connectivity index (χ1v) is 6.69. The Balaban J connectivity index is 2.37. The number of unbranched alkanes of at least 4 members (excludes halogenated alkanes) is 1. The van der Waals surface area contributed by atoms with Crippen molar-refractivity contribution >= 4 is 6.09 Å². The summed E-state index contributed by atoms with van der Waals surface area (Å²) in [6.07, 6.45) is 8.22. The zero-order valence-corrected chi connectivity index (χ0v) is 11.9. The quantitative estimate of drug-likeness (QED) is 0.560. The van der Waals surface area contributed by atoms with Gasteiger partial charge in [-0.2, -0.15) is 0 Å². The van der Waals surface area contributed by atoms with Gasteiger partial charge in [-0.1, -0.05) is 17.7 Å². The lowest BCUT2D eigenvalue weighted by Crippen LogP contribution is -2.39. The van der Waals surface area contributed by atoms with Gasteiger partial charge in [0.2, 0.25) is 0 Å². The van der Waals surface area contributed by atoms with Gasteiger partial charge in [0, 0.05) is 13.1 Å². The maximum atomic E-state index is 11.8. The average molecular weight is 251 g/mol. The van der Waals surface area contributed by atoms with E-state index in [1.165, 1.54) is 5.57 Å². The number of nitrogens with zero attached hydrogens (tertiary/aromatic N) is 1. The Kier molecular flexibility index (Phi) is 5.45. The van der Waals surface area contributed by atoms with Crippen LogP contribution >= 0.6 is 0 Å². The molecule has 0 saturated heterocycles. The van der Waals surface area contributed by atoms with E-state index < -0.39 is 5.60 Å². The molecular weight excluding hydrogens is 226 g/mol. The fourth-order valence-electron chi connectivity index (χ4n) is 1.90. The molecule has 0 spiro atoms.